The van der Waals surface area contributed by atoms with Crippen LogP contribution in [0.3, 0.4) is 0 Å². The molecule has 184 valence electrons. The molecule has 3 aliphatic rings. The lowest BCUT2D eigenvalue weighted by Gasteiger charge is -2.40. The number of fused-ring (bicyclic) bond motifs is 1. The van der Waals surface area contributed by atoms with Crippen LogP contribution in [-0.2, 0) is 46.4 Å². The summed E-state index contributed by atoms with van der Waals surface area (Å²) in [5, 5.41) is 0. The van der Waals surface area contributed by atoms with Crippen molar-refractivity contribution in [1.29, 1.82) is 0 Å². The van der Waals surface area contributed by atoms with E-state index in [0.29, 0.717) is 19.8 Å². The van der Waals surface area contributed by atoms with Crippen LogP contribution in [0, 0.1) is 0 Å². The van der Waals surface area contributed by atoms with Gasteiger partial charge < -0.3 is 33.2 Å². The van der Waals surface area contributed by atoms with Crippen molar-refractivity contribution in [2.45, 2.75) is 82.7 Å². The third kappa shape index (κ3) is 4.93. The summed E-state index contributed by atoms with van der Waals surface area (Å²) in [7, 11) is 0. The molecule has 2 aromatic rings. The summed E-state index contributed by atoms with van der Waals surface area (Å²) >= 11 is 0. The highest BCUT2D eigenvalue weighted by atomic mass is 16.9. The molecule has 0 amide bonds. The van der Waals surface area contributed by atoms with E-state index in [1.165, 1.54) is 0 Å². The second-order valence-corrected chi connectivity index (χ2v) is 10.1. The van der Waals surface area contributed by atoms with Crippen LogP contribution in [0.25, 0.3) is 0 Å². The Labute approximate surface area is 201 Å². The maximum absolute atomic E-state index is 6.62. The lowest BCUT2D eigenvalue weighted by Crippen LogP contribution is -2.58. The van der Waals surface area contributed by atoms with E-state index in [9.17, 15) is 0 Å². The van der Waals surface area contributed by atoms with Crippen LogP contribution in [0.15, 0.2) is 60.7 Å². The molecule has 0 spiro atoms. The Hall–Kier alpha value is -1.84. The van der Waals surface area contributed by atoms with Crippen molar-refractivity contribution in [2.24, 2.45) is 0 Å². The third-order valence-corrected chi connectivity index (χ3v) is 6.47. The molecule has 3 heterocycles. The largest absolute Gasteiger partial charge is 0.374 e. The third-order valence-electron chi connectivity index (χ3n) is 6.47. The predicted octanol–water partition coefficient (Wildman–Crippen LogP) is 4.19. The minimum Gasteiger partial charge on any atom is -0.374 e. The molecule has 34 heavy (non-hydrogen) atoms. The monoisotopic (exact) mass is 470 g/mol. The van der Waals surface area contributed by atoms with Gasteiger partial charge in [-0.1, -0.05) is 60.7 Å². The minimum absolute atomic E-state index is 0.242. The number of hydrogen-bond acceptors (Lipinski definition) is 7. The lowest BCUT2D eigenvalue weighted by atomic mass is 9.89. The Morgan fingerprint density at radius 3 is 2.03 bits per heavy atom. The Morgan fingerprint density at radius 2 is 1.41 bits per heavy atom. The Bertz CT molecular complexity index is 948. The van der Waals surface area contributed by atoms with Crippen molar-refractivity contribution in [2.75, 3.05) is 13.2 Å². The lowest BCUT2D eigenvalue weighted by molar-refractivity contribution is -0.281. The summed E-state index contributed by atoms with van der Waals surface area (Å²) < 4.78 is 44.1. The Balaban J connectivity index is 1.42. The van der Waals surface area contributed by atoms with Crippen LogP contribution in [0.5, 0.6) is 0 Å². The summed E-state index contributed by atoms with van der Waals surface area (Å²) in [6.45, 7) is 9.01. The fourth-order valence-corrected chi connectivity index (χ4v) is 4.91. The number of ether oxygens (including phenoxy) is 7. The summed E-state index contributed by atoms with van der Waals surface area (Å²) in [6, 6.07) is 20.1. The second kappa shape index (κ2) is 9.32. The molecular weight excluding hydrogens is 436 g/mol. The van der Waals surface area contributed by atoms with Crippen LogP contribution in [0.1, 0.15) is 38.8 Å². The average molecular weight is 471 g/mol. The molecule has 0 aromatic heterocycles. The van der Waals surface area contributed by atoms with Gasteiger partial charge in [-0.05, 0) is 38.8 Å². The fourth-order valence-electron chi connectivity index (χ4n) is 4.91. The first-order valence-corrected chi connectivity index (χ1v) is 11.9. The predicted molar refractivity (Wildman–Crippen MR) is 124 cm³/mol. The van der Waals surface area contributed by atoms with E-state index in [1.54, 1.807) is 0 Å². The normalized spacial score (nSPS) is 33.8. The van der Waals surface area contributed by atoms with Gasteiger partial charge in [0.25, 0.3) is 0 Å². The molecule has 3 saturated heterocycles. The zero-order valence-electron chi connectivity index (χ0n) is 20.3. The van der Waals surface area contributed by atoms with Gasteiger partial charge in [-0.3, -0.25) is 0 Å². The van der Waals surface area contributed by atoms with E-state index in [0.717, 1.165) is 11.1 Å². The Morgan fingerprint density at radius 1 is 0.765 bits per heavy atom. The SMILES string of the molecule is CC1(C)OC2OC(COCc3ccccc3)(C3COC(C)(C)O3)C(OCc3ccccc3)C2O1. The van der Waals surface area contributed by atoms with E-state index in [1.807, 2.05) is 88.4 Å². The van der Waals surface area contributed by atoms with Crippen LogP contribution in [-0.4, -0.2) is 55.0 Å². The molecule has 0 saturated carbocycles. The van der Waals surface area contributed by atoms with Gasteiger partial charge in [-0.2, -0.15) is 0 Å². The summed E-state index contributed by atoms with van der Waals surface area (Å²) in [5.41, 5.74) is 1.17. The number of rotatable bonds is 8. The highest BCUT2D eigenvalue weighted by Crippen LogP contribution is 2.48. The summed E-state index contributed by atoms with van der Waals surface area (Å²) in [6.07, 6.45) is -1.92. The van der Waals surface area contributed by atoms with Crippen LogP contribution >= 0.6 is 0 Å². The molecule has 5 unspecified atom stereocenters. The first kappa shape index (κ1) is 23.9. The molecule has 7 heteroatoms. The smallest absolute Gasteiger partial charge is 0.190 e. The quantitative estimate of drug-likeness (QED) is 0.573. The maximum Gasteiger partial charge on any atom is 0.190 e. The number of hydrogen-bond donors (Lipinski definition) is 0. The average Bonchev–Trinajstić information content (AvgIpc) is 3.41. The molecule has 0 N–H and O–H groups in total. The van der Waals surface area contributed by atoms with Gasteiger partial charge in [0.2, 0.25) is 0 Å². The number of benzene rings is 2. The molecule has 5 rings (SSSR count). The molecule has 0 radical (unpaired) electrons. The van der Waals surface area contributed by atoms with E-state index in [4.69, 9.17) is 33.2 Å². The zero-order valence-corrected chi connectivity index (χ0v) is 20.3. The maximum atomic E-state index is 6.62. The topological polar surface area (TPSA) is 64.6 Å². The van der Waals surface area contributed by atoms with Gasteiger partial charge >= 0.3 is 0 Å². The van der Waals surface area contributed by atoms with E-state index >= 15 is 0 Å². The molecule has 0 aliphatic carbocycles. The van der Waals surface area contributed by atoms with Crippen molar-refractivity contribution in [3.63, 3.8) is 0 Å². The standard InChI is InChI=1S/C27H34O7/c1-25(2)30-17-21(31-25)27(18-28-15-19-11-7-5-8-12-19)23(29-16-20-13-9-6-10-14-20)22-24(34-27)33-26(3,4)32-22/h5-14,21-24H,15-18H2,1-4H3. The minimum atomic E-state index is -0.969. The van der Waals surface area contributed by atoms with E-state index < -0.39 is 41.8 Å². The molecule has 5 atom stereocenters. The van der Waals surface area contributed by atoms with Crippen LogP contribution in [0.4, 0.5) is 0 Å². The second-order valence-electron chi connectivity index (χ2n) is 10.1. The van der Waals surface area contributed by atoms with Crippen molar-refractivity contribution >= 4 is 0 Å². The molecule has 3 fully saturated rings. The first-order chi connectivity index (χ1) is 16.3. The molecule has 3 aliphatic heterocycles. The molecule has 7 nitrogen and oxygen atoms in total. The zero-order chi connectivity index (χ0) is 23.8. The van der Waals surface area contributed by atoms with Gasteiger partial charge in [0.05, 0.1) is 26.4 Å². The molecular formula is C27H34O7. The molecule has 2 aromatic carbocycles. The first-order valence-electron chi connectivity index (χ1n) is 11.9. The van der Waals surface area contributed by atoms with Crippen molar-refractivity contribution in [3.05, 3.63) is 71.8 Å². The van der Waals surface area contributed by atoms with Crippen LogP contribution < -0.4 is 0 Å². The van der Waals surface area contributed by atoms with E-state index in [-0.39, 0.29) is 6.61 Å². The fraction of sp³-hybridized carbons (Fsp3) is 0.556. The Kier molecular flexibility index (Phi) is 6.54. The highest BCUT2D eigenvalue weighted by molar-refractivity contribution is 5.16. The van der Waals surface area contributed by atoms with Gasteiger partial charge in [0.15, 0.2) is 23.5 Å². The van der Waals surface area contributed by atoms with Gasteiger partial charge in [0.1, 0.15) is 18.3 Å². The van der Waals surface area contributed by atoms with Crippen molar-refractivity contribution < 1.29 is 33.2 Å². The summed E-state index contributed by atoms with van der Waals surface area (Å²) in [5.74, 6) is -1.50. The van der Waals surface area contributed by atoms with Crippen LogP contribution in [0.2, 0.25) is 0 Å². The highest BCUT2D eigenvalue weighted by Gasteiger charge is 2.67. The van der Waals surface area contributed by atoms with Gasteiger partial charge in [0, 0.05) is 0 Å². The van der Waals surface area contributed by atoms with Crippen molar-refractivity contribution in [1.82, 2.24) is 0 Å². The van der Waals surface area contributed by atoms with Gasteiger partial charge in [-0.15, -0.1) is 0 Å². The molecule has 0 bridgehead atoms. The summed E-state index contributed by atoms with van der Waals surface area (Å²) in [4.78, 5) is 0. The van der Waals surface area contributed by atoms with Crippen molar-refractivity contribution in [3.8, 4) is 0 Å². The van der Waals surface area contributed by atoms with Gasteiger partial charge in [-0.25, -0.2) is 0 Å². The van der Waals surface area contributed by atoms with E-state index in [2.05, 4.69) is 0 Å².